The smallest absolute Gasteiger partial charge is 0.255 e. The summed E-state index contributed by atoms with van der Waals surface area (Å²) in [6.07, 6.45) is 0.0180. The zero-order valence-electron chi connectivity index (χ0n) is 10.0. The first-order chi connectivity index (χ1) is 9.10. The van der Waals surface area contributed by atoms with E-state index in [1.54, 1.807) is 12.1 Å². The molecule has 2 aromatic rings. The van der Waals surface area contributed by atoms with Crippen molar-refractivity contribution in [2.75, 3.05) is 6.54 Å². The lowest BCUT2D eigenvalue weighted by molar-refractivity contribution is 0.127. The van der Waals surface area contributed by atoms with E-state index in [9.17, 15) is 5.11 Å². The molecule has 2 rings (SSSR count). The fraction of sp³-hybridized carbons (Fsp3) is 0.333. The number of aliphatic hydroxyl groups excluding tert-OH is 1. The number of hydrogen-bond donors (Lipinski definition) is 2. The minimum atomic E-state index is -0.819. The Labute approximate surface area is 120 Å². The number of nitrogens with zero attached hydrogens (tertiary/aromatic N) is 2. The predicted molar refractivity (Wildman–Crippen MR) is 72.2 cm³/mol. The summed E-state index contributed by atoms with van der Waals surface area (Å²) in [6, 6.07) is 5.29. The molecule has 3 N–H and O–H groups in total. The summed E-state index contributed by atoms with van der Waals surface area (Å²) in [5.74, 6) is 0.657. The fourth-order valence-electron chi connectivity index (χ4n) is 1.59. The molecule has 0 saturated heterocycles. The van der Waals surface area contributed by atoms with E-state index in [1.165, 1.54) is 0 Å². The van der Waals surface area contributed by atoms with Crippen LogP contribution in [-0.2, 0) is 6.42 Å². The third-order valence-corrected chi connectivity index (χ3v) is 3.29. The van der Waals surface area contributed by atoms with Gasteiger partial charge < -0.3 is 15.4 Å². The van der Waals surface area contributed by atoms with E-state index >= 15 is 0 Å². The zero-order valence-corrected chi connectivity index (χ0v) is 11.5. The van der Waals surface area contributed by atoms with Gasteiger partial charge >= 0.3 is 0 Å². The molecule has 1 aromatic heterocycles. The highest BCUT2D eigenvalue weighted by Gasteiger charge is 2.15. The Balaban J connectivity index is 2.09. The summed E-state index contributed by atoms with van der Waals surface area (Å²) in [5.41, 5.74) is 6.26. The van der Waals surface area contributed by atoms with Crippen molar-refractivity contribution < 1.29 is 9.63 Å². The van der Waals surface area contributed by atoms with Crippen molar-refractivity contribution in [1.82, 2.24) is 10.1 Å². The Morgan fingerprint density at radius 1 is 1.32 bits per heavy atom. The molecule has 0 unspecified atom stereocenters. The summed E-state index contributed by atoms with van der Waals surface area (Å²) >= 11 is 11.8. The number of rotatable bonds is 5. The molecule has 0 aliphatic rings. The average molecular weight is 302 g/mol. The van der Waals surface area contributed by atoms with Gasteiger partial charge in [-0.25, -0.2) is 0 Å². The summed E-state index contributed by atoms with van der Waals surface area (Å²) in [5, 5.41) is 14.4. The number of benzene rings is 1. The van der Waals surface area contributed by atoms with Crippen molar-refractivity contribution in [3.05, 3.63) is 45.5 Å². The van der Waals surface area contributed by atoms with Crippen LogP contribution in [0.4, 0.5) is 0 Å². The van der Waals surface area contributed by atoms with Gasteiger partial charge in [0.2, 0.25) is 0 Å². The van der Waals surface area contributed by atoms with Crippen LogP contribution in [0.3, 0.4) is 0 Å². The van der Waals surface area contributed by atoms with Crippen molar-refractivity contribution in [3.63, 3.8) is 0 Å². The molecule has 102 valence electrons. The molecule has 1 heterocycles. The highest BCUT2D eigenvalue weighted by molar-refractivity contribution is 6.42. The van der Waals surface area contributed by atoms with Crippen molar-refractivity contribution in [1.29, 1.82) is 0 Å². The molecule has 0 amide bonds. The van der Waals surface area contributed by atoms with Crippen LogP contribution in [0.15, 0.2) is 22.7 Å². The lowest BCUT2D eigenvalue weighted by atomic mass is 10.1. The largest absolute Gasteiger partial charge is 0.383 e. The van der Waals surface area contributed by atoms with Crippen LogP contribution in [-0.4, -0.2) is 21.8 Å². The molecule has 0 bridgehead atoms. The zero-order chi connectivity index (χ0) is 13.8. The lowest BCUT2D eigenvalue weighted by Gasteiger charge is -2.01. The monoisotopic (exact) mass is 301 g/mol. The van der Waals surface area contributed by atoms with Crippen LogP contribution >= 0.6 is 23.2 Å². The first kappa shape index (κ1) is 14.3. The van der Waals surface area contributed by atoms with Gasteiger partial charge in [0.15, 0.2) is 5.82 Å². The number of nitrogens with two attached hydrogens (primary N) is 1. The van der Waals surface area contributed by atoms with Gasteiger partial charge in [0.1, 0.15) is 6.10 Å². The second-order valence-electron chi connectivity index (χ2n) is 4.07. The number of aliphatic hydroxyl groups is 1. The fourth-order valence-corrected chi connectivity index (χ4v) is 1.91. The second kappa shape index (κ2) is 6.34. The average Bonchev–Trinajstić information content (AvgIpc) is 2.83. The van der Waals surface area contributed by atoms with E-state index in [1.807, 2.05) is 6.07 Å². The summed E-state index contributed by atoms with van der Waals surface area (Å²) in [4.78, 5) is 4.12. The Bertz CT molecular complexity index is 560. The van der Waals surface area contributed by atoms with E-state index in [0.717, 1.165) is 5.56 Å². The Morgan fingerprint density at radius 3 is 2.79 bits per heavy atom. The highest BCUT2D eigenvalue weighted by atomic mass is 35.5. The molecule has 0 radical (unpaired) electrons. The van der Waals surface area contributed by atoms with Gasteiger partial charge in [0, 0.05) is 6.42 Å². The molecule has 0 aliphatic heterocycles. The van der Waals surface area contributed by atoms with E-state index in [0.29, 0.717) is 35.3 Å². The molecule has 1 atom stereocenters. The molecule has 0 fully saturated rings. The molecule has 19 heavy (non-hydrogen) atoms. The van der Waals surface area contributed by atoms with Gasteiger partial charge in [0.05, 0.1) is 10.0 Å². The van der Waals surface area contributed by atoms with Crippen molar-refractivity contribution in [2.45, 2.75) is 18.9 Å². The predicted octanol–water partition coefficient (Wildman–Crippen LogP) is 2.35. The first-order valence-electron chi connectivity index (χ1n) is 5.74. The standard InChI is InChI=1S/C12H13Cl2N3O2/c13-8-2-1-7(5-9(8)14)6-11-16-12(19-17-11)10(18)3-4-15/h1-2,5,10,18H,3-4,6,15H2/t10-/m0/s1. The van der Waals surface area contributed by atoms with Crippen molar-refractivity contribution in [3.8, 4) is 0 Å². The summed E-state index contributed by atoms with van der Waals surface area (Å²) in [7, 11) is 0. The van der Waals surface area contributed by atoms with Crippen molar-refractivity contribution >= 4 is 23.2 Å². The maximum Gasteiger partial charge on any atom is 0.255 e. The van der Waals surface area contributed by atoms with E-state index in [-0.39, 0.29) is 5.89 Å². The van der Waals surface area contributed by atoms with E-state index < -0.39 is 6.10 Å². The van der Waals surface area contributed by atoms with Gasteiger partial charge in [0.25, 0.3) is 5.89 Å². The van der Waals surface area contributed by atoms with Crippen LogP contribution in [0, 0.1) is 0 Å². The van der Waals surface area contributed by atoms with Gasteiger partial charge in [-0.1, -0.05) is 34.4 Å². The maximum atomic E-state index is 9.67. The number of halogens is 2. The Kier molecular flexibility index (Phi) is 4.76. The topological polar surface area (TPSA) is 85.2 Å². The SMILES string of the molecule is NCC[C@H](O)c1nc(Cc2ccc(Cl)c(Cl)c2)no1. The molecular weight excluding hydrogens is 289 g/mol. The third-order valence-electron chi connectivity index (χ3n) is 2.56. The van der Waals surface area contributed by atoms with Gasteiger partial charge in [-0.15, -0.1) is 0 Å². The van der Waals surface area contributed by atoms with Crippen LogP contribution in [0.1, 0.15) is 29.8 Å². The van der Waals surface area contributed by atoms with Crippen LogP contribution in [0.2, 0.25) is 10.0 Å². The van der Waals surface area contributed by atoms with Crippen LogP contribution in [0.5, 0.6) is 0 Å². The molecule has 0 aliphatic carbocycles. The molecule has 1 aromatic carbocycles. The van der Waals surface area contributed by atoms with Gasteiger partial charge in [-0.2, -0.15) is 4.98 Å². The van der Waals surface area contributed by atoms with Crippen LogP contribution < -0.4 is 5.73 Å². The lowest BCUT2D eigenvalue weighted by Crippen LogP contribution is -2.07. The van der Waals surface area contributed by atoms with Crippen LogP contribution in [0.25, 0.3) is 0 Å². The Morgan fingerprint density at radius 2 is 2.11 bits per heavy atom. The molecule has 5 nitrogen and oxygen atoms in total. The number of hydrogen-bond acceptors (Lipinski definition) is 5. The minimum Gasteiger partial charge on any atom is -0.383 e. The minimum absolute atomic E-state index is 0.181. The first-order valence-corrected chi connectivity index (χ1v) is 6.50. The Hall–Kier alpha value is -1.14. The van der Waals surface area contributed by atoms with Crippen molar-refractivity contribution in [2.24, 2.45) is 5.73 Å². The van der Waals surface area contributed by atoms with Gasteiger partial charge in [-0.05, 0) is 30.7 Å². The van der Waals surface area contributed by atoms with E-state index in [4.69, 9.17) is 33.5 Å². The maximum absolute atomic E-state index is 9.67. The second-order valence-corrected chi connectivity index (χ2v) is 4.88. The molecule has 7 heteroatoms. The van der Waals surface area contributed by atoms with Gasteiger partial charge in [-0.3, -0.25) is 0 Å². The van der Waals surface area contributed by atoms with E-state index in [2.05, 4.69) is 10.1 Å². The molecular formula is C12H13Cl2N3O2. The molecule has 0 spiro atoms. The third kappa shape index (κ3) is 3.67. The quantitative estimate of drug-likeness (QED) is 0.885. The highest BCUT2D eigenvalue weighted by Crippen LogP contribution is 2.23. The summed E-state index contributed by atoms with van der Waals surface area (Å²) < 4.78 is 4.98. The molecule has 0 saturated carbocycles. The normalized spacial score (nSPS) is 12.6. The summed E-state index contributed by atoms with van der Waals surface area (Å²) in [6.45, 7) is 0.353. The number of aromatic nitrogens is 2.